The number of benzene rings is 1. The van der Waals surface area contributed by atoms with E-state index in [1.54, 1.807) is 26.1 Å². The summed E-state index contributed by atoms with van der Waals surface area (Å²) in [5, 5.41) is 6.72. The van der Waals surface area contributed by atoms with Crippen LogP contribution >= 0.6 is 0 Å². The van der Waals surface area contributed by atoms with Crippen molar-refractivity contribution in [1.82, 2.24) is 20.4 Å². The first-order chi connectivity index (χ1) is 14.4. The fraction of sp³-hybridized carbons (Fsp3) is 0.571. The number of piperidine rings is 1. The summed E-state index contributed by atoms with van der Waals surface area (Å²) in [6.07, 6.45) is 2.09. The van der Waals surface area contributed by atoms with Crippen LogP contribution in [0.5, 0.6) is 5.75 Å². The Morgan fingerprint density at radius 3 is 2.40 bits per heavy atom. The number of hydrogen-bond donors (Lipinski definition) is 2. The average Bonchev–Trinajstić information content (AvgIpc) is 2.77. The van der Waals surface area contributed by atoms with Gasteiger partial charge in [-0.15, -0.1) is 0 Å². The molecule has 1 heterocycles. The van der Waals surface area contributed by atoms with E-state index in [9.17, 15) is 9.59 Å². The molecule has 0 radical (unpaired) electrons. The van der Waals surface area contributed by atoms with E-state index >= 15 is 0 Å². The van der Waals surface area contributed by atoms with Gasteiger partial charge in [0.1, 0.15) is 12.3 Å². The second kappa shape index (κ2) is 11.9. The van der Waals surface area contributed by atoms with Crippen molar-refractivity contribution in [3.8, 4) is 5.75 Å². The first kappa shape index (κ1) is 23.3. The summed E-state index contributed by atoms with van der Waals surface area (Å²) in [5.74, 6) is 1.37. The van der Waals surface area contributed by atoms with Crippen molar-refractivity contribution < 1.29 is 19.1 Å². The third-order valence-corrected chi connectivity index (χ3v) is 5.01. The number of ether oxygens (including phenoxy) is 2. The van der Waals surface area contributed by atoms with Gasteiger partial charge in [-0.1, -0.05) is 12.1 Å². The Morgan fingerprint density at radius 1 is 1.17 bits per heavy atom. The molecule has 0 saturated carbocycles. The summed E-state index contributed by atoms with van der Waals surface area (Å²) in [5.41, 5.74) is 1.18. The summed E-state index contributed by atoms with van der Waals surface area (Å²) in [6, 6.07) is 8.11. The number of aliphatic imine (C=N–C) groups is 1. The van der Waals surface area contributed by atoms with E-state index in [0.717, 1.165) is 25.0 Å². The summed E-state index contributed by atoms with van der Waals surface area (Å²) in [7, 11) is 6.47. The Balaban J connectivity index is 1.90. The van der Waals surface area contributed by atoms with Crippen LogP contribution in [-0.4, -0.2) is 88.3 Å². The molecule has 1 fully saturated rings. The molecule has 2 N–H and O–H groups in total. The molecule has 166 valence electrons. The number of guanidine groups is 1. The Bertz CT molecular complexity index is 713. The summed E-state index contributed by atoms with van der Waals surface area (Å²) < 4.78 is 9.97. The van der Waals surface area contributed by atoms with Crippen molar-refractivity contribution in [2.24, 2.45) is 4.99 Å². The molecular formula is C21H33N5O4. The van der Waals surface area contributed by atoms with E-state index in [-0.39, 0.29) is 24.6 Å². The highest BCUT2D eigenvalue weighted by Crippen LogP contribution is 2.12. The van der Waals surface area contributed by atoms with Crippen LogP contribution in [-0.2, 0) is 16.0 Å². The van der Waals surface area contributed by atoms with E-state index in [0.29, 0.717) is 25.6 Å². The Kier molecular flexibility index (Phi) is 9.24. The Labute approximate surface area is 178 Å². The number of nitrogens with one attached hydrogen (secondary N) is 2. The van der Waals surface area contributed by atoms with Crippen molar-refractivity contribution in [1.29, 1.82) is 0 Å². The number of hydrogen-bond acceptors (Lipinski definition) is 5. The number of carbonyl (C=O) groups is 2. The molecular weight excluding hydrogens is 386 g/mol. The normalized spacial score (nSPS) is 14.8. The molecule has 1 saturated heterocycles. The zero-order valence-electron chi connectivity index (χ0n) is 18.3. The first-order valence-electron chi connectivity index (χ1n) is 10.1. The number of rotatable bonds is 7. The van der Waals surface area contributed by atoms with Crippen LogP contribution in [0.2, 0.25) is 0 Å². The van der Waals surface area contributed by atoms with Crippen LogP contribution in [0, 0.1) is 0 Å². The highest BCUT2D eigenvalue weighted by Gasteiger charge is 2.23. The highest BCUT2D eigenvalue weighted by atomic mass is 16.5. The largest absolute Gasteiger partial charge is 0.497 e. The van der Waals surface area contributed by atoms with Crippen LogP contribution in [0.3, 0.4) is 0 Å². The van der Waals surface area contributed by atoms with Crippen molar-refractivity contribution in [3.63, 3.8) is 0 Å². The van der Waals surface area contributed by atoms with Gasteiger partial charge in [0, 0.05) is 39.8 Å². The smallest absolute Gasteiger partial charge is 0.409 e. The average molecular weight is 420 g/mol. The number of likely N-dealkylation sites (N-methyl/N-ethyl adjacent to an activating group) is 1. The molecule has 2 rings (SSSR count). The zero-order chi connectivity index (χ0) is 21.9. The maximum Gasteiger partial charge on any atom is 0.409 e. The van der Waals surface area contributed by atoms with Gasteiger partial charge in [0.05, 0.1) is 14.2 Å². The molecule has 2 amide bonds. The molecule has 0 atom stereocenters. The lowest BCUT2D eigenvalue weighted by molar-refractivity contribution is -0.127. The van der Waals surface area contributed by atoms with Gasteiger partial charge in [0.25, 0.3) is 0 Å². The molecule has 0 unspecified atom stereocenters. The van der Waals surface area contributed by atoms with Gasteiger partial charge >= 0.3 is 6.09 Å². The van der Waals surface area contributed by atoms with E-state index < -0.39 is 0 Å². The molecule has 1 aromatic rings. The SMILES string of the molecule is COC(=O)N1CCC(NC(=NCC(=O)N(C)C)NCCc2ccc(OC)cc2)CC1. The van der Waals surface area contributed by atoms with Gasteiger partial charge in [-0.25, -0.2) is 9.79 Å². The maximum absolute atomic E-state index is 11.9. The van der Waals surface area contributed by atoms with E-state index in [2.05, 4.69) is 15.6 Å². The molecule has 1 aromatic carbocycles. The Morgan fingerprint density at radius 2 is 1.83 bits per heavy atom. The molecule has 30 heavy (non-hydrogen) atoms. The van der Waals surface area contributed by atoms with Crippen LogP contribution in [0.15, 0.2) is 29.3 Å². The fourth-order valence-electron chi connectivity index (χ4n) is 3.09. The summed E-state index contributed by atoms with van der Waals surface area (Å²) in [6.45, 7) is 2.00. The number of nitrogens with zero attached hydrogens (tertiary/aromatic N) is 3. The fourth-order valence-corrected chi connectivity index (χ4v) is 3.09. The molecule has 1 aliphatic rings. The number of carbonyl (C=O) groups excluding carboxylic acids is 2. The van der Waals surface area contributed by atoms with Gasteiger partial charge in [-0.05, 0) is 37.0 Å². The predicted octanol–water partition coefficient (Wildman–Crippen LogP) is 1.09. The minimum atomic E-state index is -0.295. The van der Waals surface area contributed by atoms with Crippen LogP contribution in [0.4, 0.5) is 4.79 Å². The zero-order valence-corrected chi connectivity index (χ0v) is 18.3. The van der Waals surface area contributed by atoms with Gasteiger partial charge in [-0.3, -0.25) is 4.79 Å². The third kappa shape index (κ3) is 7.46. The Hall–Kier alpha value is -2.97. The molecule has 0 bridgehead atoms. The van der Waals surface area contributed by atoms with Gasteiger partial charge in [-0.2, -0.15) is 0 Å². The topological polar surface area (TPSA) is 95.5 Å². The minimum Gasteiger partial charge on any atom is -0.497 e. The first-order valence-corrected chi connectivity index (χ1v) is 10.1. The molecule has 1 aliphatic heterocycles. The number of amides is 2. The minimum absolute atomic E-state index is 0.0632. The standard InChI is InChI=1S/C21H33N5O4/c1-25(2)19(27)15-23-20(22-12-9-16-5-7-18(29-3)8-6-16)24-17-10-13-26(14-11-17)21(28)30-4/h5-8,17H,9-15H2,1-4H3,(H2,22,23,24). The highest BCUT2D eigenvalue weighted by molar-refractivity contribution is 5.85. The van der Waals surface area contributed by atoms with Crippen molar-refractivity contribution in [3.05, 3.63) is 29.8 Å². The number of methoxy groups -OCH3 is 2. The third-order valence-electron chi connectivity index (χ3n) is 5.01. The summed E-state index contributed by atoms with van der Waals surface area (Å²) >= 11 is 0. The molecule has 0 aromatic heterocycles. The maximum atomic E-state index is 11.9. The van der Waals surface area contributed by atoms with E-state index in [4.69, 9.17) is 9.47 Å². The molecule has 9 heteroatoms. The van der Waals surface area contributed by atoms with E-state index in [1.165, 1.54) is 17.6 Å². The second-order valence-electron chi connectivity index (χ2n) is 7.35. The molecule has 0 spiro atoms. The van der Waals surface area contributed by atoms with Crippen molar-refractivity contribution in [2.75, 3.05) is 54.5 Å². The second-order valence-corrected chi connectivity index (χ2v) is 7.35. The van der Waals surface area contributed by atoms with Crippen LogP contribution in [0.1, 0.15) is 18.4 Å². The van der Waals surface area contributed by atoms with E-state index in [1.807, 2.05) is 24.3 Å². The van der Waals surface area contributed by atoms with Crippen LogP contribution < -0.4 is 15.4 Å². The quantitative estimate of drug-likeness (QED) is 0.508. The van der Waals surface area contributed by atoms with Gasteiger partial charge in [0.2, 0.25) is 5.91 Å². The van der Waals surface area contributed by atoms with Gasteiger partial charge in [0.15, 0.2) is 5.96 Å². The van der Waals surface area contributed by atoms with Gasteiger partial charge < -0.3 is 29.9 Å². The van der Waals surface area contributed by atoms with Crippen LogP contribution in [0.25, 0.3) is 0 Å². The molecule has 0 aliphatic carbocycles. The van der Waals surface area contributed by atoms with Crippen molar-refractivity contribution in [2.45, 2.75) is 25.3 Å². The van der Waals surface area contributed by atoms with Crippen molar-refractivity contribution >= 4 is 18.0 Å². The lowest BCUT2D eigenvalue weighted by Gasteiger charge is -2.32. The monoisotopic (exact) mass is 419 g/mol. The lowest BCUT2D eigenvalue weighted by Crippen LogP contribution is -2.50. The molecule has 9 nitrogen and oxygen atoms in total. The lowest BCUT2D eigenvalue weighted by atomic mass is 10.1. The number of likely N-dealkylation sites (tertiary alicyclic amines) is 1. The summed E-state index contributed by atoms with van der Waals surface area (Å²) in [4.78, 5) is 31.3. The predicted molar refractivity (Wildman–Crippen MR) is 116 cm³/mol.